The van der Waals surface area contributed by atoms with E-state index in [0.29, 0.717) is 0 Å². The molecular formula is C15H22ClNO2. The van der Waals surface area contributed by atoms with Crippen LogP contribution < -0.4 is 5.32 Å². The van der Waals surface area contributed by atoms with E-state index in [1.807, 2.05) is 18.2 Å². The number of benzene rings is 1. The van der Waals surface area contributed by atoms with Crippen LogP contribution in [0.4, 0.5) is 0 Å². The Kier molecular flexibility index (Phi) is 5.22. The van der Waals surface area contributed by atoms with Crippen molar-refractivity contribution in [3.63, 3.8) is 0 Å². The van der Waals surface area contributed by atoms with Crippen molar-refractivity contribution in [2.45, 2.75) is 31.4 Å². The third-order valence-corrected chi connectivity index (χ3v) is 4.10. The van der Waals surface area contributed by atoms with Gasteiger partial charge in [0.25, 0.3) is 0 Å². The summed E-state index contributed by atoms with van der Waals surface area (Å²) in [7, 11) is 1.79. The van der Waals surface area contributed by atoms with Gasteiger partial charge in [-0.25, -0.2) is 0 Å². The van der Waals surface area contributed by atoms with E-state index in [-0.39, 0.29) is 11.6 Å². The third-order valence-electron chi connectivity index (χ3n) is 3.86. The summed E-state index contributed by atoms with van der Waals surface area (Å²) < 4.78 is 11.4. The van der Waals surface area contributed by atoms with E-state index in [9.17, 15) is 0 Å². The zero-order valence-electron chi connectivity index (χ0n) is 11.6. The normalized spacial score (nSPS) is 20.2. The van der Waals surface area contributed by atoms with E-state index in [1.165, 1.54) is 5.56 Å². The quantitative estimate of drug-likeness (QED) is 0.900. The maximum atomic E-state index is 6.12. The molecule has 0 amide bonds. The summed E-state index contributed by atoms with van der Waals surface area (Å²) in [5.41, 5.74) is 0.969. The fraction of sp³-hybridized carbons (Fsp3) is 0.600. The highest BCUT2D eigenvalue weighted by atomic mass is 35.5. The number of nitrogens with one attached hydrogen (secondary N) is 1. The van der Waals surface area contributed by atoms with Crippen molar-refractivity contribution in [2.75, 3.05) is 26.9 Å². The first kappa shape index (κ1) is 14.8. The first-order valence-electron chi connectivity index (χ1n) is 6.83. The highest BCUT2D eigenvalue weighted by Crippen LogP contribution is 2.37. The second kappa shape index (κ2) is 6.71. The van der Waals surface area contributed by atoms with Crippen molar-refractivity contribution in [1.29, 1.82) is 0 Å². The second-order valence-corrected chi connectivity index (χ2v) is 5.36. The van der Waals surface area contributed by atoms with Gasteiger partial charge in [0, 0.05) is 38.2 Å². The molecule has 1 unspecified atom stereocenters. The molecule has 0 aliphatic carbocycles. The van der Waals surface area contributed by atoms with Gasteiger partial charge in [0.1, 0.15) is 0 Å². The molecule has 0 aromatic heterocycles. The lowest BCUT2D eigenvalue weighted by atomic mass is 9.82. The number of hydrogen-bond donors (Lipinski definition) is 1. The Balaban J connectivity index is 2.32. The van der Waals surface area contributed by atoms with Gasteiger partial charge in [-0.2, -0.15) is 0 Å². The molecule has 4 heteroatoms. The lowest BCUT2D eigenvalue weighted by Crippen LogP contribution is -2.49. The highest BCUT2D eigenvalue weighted by molar-refractivity contribution is 6.30. The van der Waals surface area contributed by atoms with Crippen molar-refractivity contribution in [3.05, 3.63) is 34.9 Å². The number of rotatable bonds is 5. The molecule has 2 rings (SSSR count). The molecular weight excluding hydrogens is 262 g/mol. The van der Waals surface area contributed by atoms with E-state index in [0.717, 1.165) is 37.6 Å². The summed E-state index contributed by atoms with van der Waals surface area (Å²) in [5, 5.41) is 4.31. The Labute approximate surface area is 120 Å². The van der Waals surface area contributed by atoms with E-state index >= 15 is 0 Å². The average Bonchev–Trinajstić information content (AvgIpc) is 2.45. The maximum absolute atomic E-state index is 6.12. The van der Waals surface area contributed by atoms with Crippen LogP contribution in [0.25, 0.3) is 0 Å². The molecule has 1 saturated heterocycles. The van der Waals surface area contributed by atoms with Gasteiger partial charge in [0.15, 0.2) is 0 Å². The van der Waals surface area contributed by atoms with E-state index in [4.69, 9.17) is 21.1 Å². The van der Waals surface area contributed by atoms with Gasteiger partial charge in [0.2, 0.25) is 0 Å². The molecule has 1 aromatic rings. The van der Waals surface area contributed by atoms with Crippen molar-refractivity contribution in [3.8, 4) is 0 Å². The van der Waals surface area contributed by atoms with Crippen LogP contribution in [0.3, 0.4) is 0 Å². The molecule has 1 fully saturated rings. The van der Waals surface area contributed by atoms with Crippen LogP contribution in [-0.2, 0) is 9.47 Å². The summed E-state index contributed by atoms with van der Waals surface area (Å²) >= 11 is 6.12. The molecule has 0 bridgehead atoms. The SMILES string of the molecule is CCNC(c1cccc(Cl)c1)C1(OC)CCOCC1. The summed E-state index contributed by atoms with van der Waals surface area (Å²) in [6.07, 6.45) is 1.79. The summed E-state index contributed by atoms with van der Waals surface area (Å²) in [4.78, 5) is 0. The van der Waals surface area contributed by atoms with Crippen molar-refractivity contribution in [1.82, 2.24) is 5.32 Å². The second-order valence-electron chi connectivity index (χ2n) is 4.93. The van der Waals surface area contributed by atoms with E-state index < -0.39 is 0 Å². The molecule has 1 aliphatic rings. The monoisotopic (exact) mass is 283 g/mol. The van der Waals surface area contributed by atoms with Crippen LogP contribution in [0.5, 0.6) is 0 Å². The molecule has 0 spiro atoms. The lowest BCUT2D eigenvalue weighted by molar-refractivity contribution is -0.111. The minimum absolute atomic E-state index is 0.144. The van der Waals surface area contributed by atoms with Gasteiger partial charge in [-0.05, 0) is 24.2 Å². The highest BCUT2D eigenvalue weighted by Gasteiger charge is 2.41. The van der Waals surface area contributed by atoms with Crippen LogP contribution in [0.2, 0.25) is 5.02 Å². The number of ether oxygens (including phenoxy) is 2. The molecule has 0 radical (unpaired) electrons. The molecule has 1 N–H and O–H groups in total. The van der Waals surface area contributed by atoms with Crippen LogP contribution >= 0.6 is 11.6 Å². The van der Waals surface area contributed by atoms with Gasteiger partial charge in [-0.3, -0.25) is 0 Å². The molecule has 0 saturated carbocycles. The number of likely N-dealkylation sites (N-methyl/N-ethyl adjacent to an activating group) is 1. The Bertz CT molecular complexity index is 405. The molecule has 1 heterocycles. The first-order valence-corrected chi connectivity index (χ1v) is 7.21. The topological polar surface area (TPSA) is 30.5 Å². The van der Waals surface area contributed by atoms with E-state index in [1.54, 1.807) is 7.11 Å². The predicted octanol–water partition coefficient (Wildman–Crippen LogP) is 3.19. The fourth-order valence-electron chi connectivity index (χ4n) is 2.83. The molecule has 1 aliphatic heterocycles. The minimum Gasteiger partial charge on any atom is -0.381 e. The lowest BCUT2D eigenvalue weighted by Gasteiger charge is -2.43. The van der Waals surface area contributed by atoms with Gasteiger partial charge in [-0.1, -0.05) is 30.7 Å². The van der Waals surface area contributed by atoms with Crippen LogP contribution in [-0.4, -0.2) is 32.5 Å². The van der Waals surface area contributed by atoms with Crippen molar-refractivity contribution < 1.29 is 9.47 Å². The summed E-state index contributed by atoms with van der Waals surface area (Å²) in [6.45, 7) is 4.50. The smallest absolute Gasteiger partial charge is 0.0916 e. The van der Waals surface area contributed by atoms with Gasteiger partial charge in [0.05, 0.1) is 11.6 Å². The van der Waals surface area contributed by atoms with Gasteiger partial charge in [-0.15, -0.1) is 0 Å². The Hall–Kier alpha value is -0.610. The van der Waals surface area contributed by atoms with E-state index in [2.05, 4.69) is 18.3 Å². The standard InChI is InChI=1S/C15H22ClNO2/c1-3-17-14(12-5-4-6-13(16)11-12)15(18-2)7-9-19-10-8-15/h4-6,11,14,17H,3,7-10H2,1-2H3. The van der Waals surface area contributed by atoms with Crippen LogP contribution in [0.1, 0.15) is 31.4 Å². The van der Waals surface area contributed by atoms with Crippen LogP contribution in [0.15, 0.2) is 24.3 Å². The zero-order valence-corrected chi connectivity index (χ0v) is 12.4. The van der Waals surface area contributed by atoms with Gasteiger partial charge >= 0.3 is 0 Å². The first-order chi connectivity index (χ1) is 9.22. The molecule has 19 heavy (non-hydrogen) atoms. The van der Waals surface area contributed by atoms with Crippen LogP contribution in [0, 0.1) is 0 Å². The maximum Gasteiger partial charge on any atom is 0.0916 e. The van der Waals surface area contributed by atoms with Crippen molar-refractivity contribution in [2.24, 2.45) is 0 Å². The van der Waals surface area contributed by atoms with Gasteiger partial charge < -0.3 is 14.8 Å². The molecule has 3 nitrogen and oxygen atoms in total. The summed E-state index contributed by atoms with van der Waals surface area (Å²) in [5.74, 6) is 0. The fourth-order valence-corrected chi connectivity index (χ4v) is 3.02. The minimum atomic E-state index is -0.209. The number of methoxy groups -OCH3 is 1. The Morgan fingerprint density at radius 3 is 2.74 bits per heavy atom. The zero-order chi connectivity index (χ0) is 13.7. The van der Waals surface area contributed by atoms with Crippen molar-refractivity contribution >= 4 is 11.6 Å². The number of halogens is 1. The average molecular weight is 284 g/mol. The Morgan fingerprint density at radius 1 is 1.42 bits per heavy atom. The number of hydrogen-bond acceptors (Lipinski definition) is 3. The molecule has 1 aromatic carbocycles. The summed E-state index contributed by atoms with van der Waals surface area (Å²) in [6, 6.07) is 8.16. The predicted molar refractivity (Wildman–Crippen MR) is 77.7 cm³/mol. The molecule has 1 atom stereocenters. The largest absolute Gasteiger partial charge is 0.381 e. The molecule has 106 valence electrons. The third kappa shape index (κ3) is 3.29. The Morgan fingerprint density at radius 2 is 2.16 bits per heavy atom.